The van der Waals surface area contributed by atoms with Crippen molar-refractivity contribution >= 4 is 22.3 Å². The third kappa shape index (κ3) is 4.19. The van der Waals surface area contributed by atoms with Gasteiger partial charge in [0.05, 0.1) is 43.6 Å². The van der Waals surface area contributed by atoms with E-state index in [1.807, 2.05) is 0 Å². The van der Waals surface area contributed by atoms with Gasteiger partial charge in [0.15, 0.2) is 0 Å². The van der Waals surface area contributed by atoms with Crippen LogP contribution in [0.25, 0.3) is 10.9 Å². The van der Waals surface area contributed by atoms with Gasteiger partial charge in [-0.15, -0.1) is 0 Å². The topological polar surface area (TPSA) is 73.0 Å². The maximum atomic E-state index is 13.2. The number of benzene rings is 2. The van der Waals surface area contributed by atoms with Gasteiger partial charge in [0.25, 0.3) is 11.5 Å². The van der Waals surface area contributed by atoms with Gasteiger partial charge in [0, 0.05) is 10.9 Å². The Morgan fingerprint density at radius 2 is 1.62 bits per heavy atom. The Hall–Kier alpha value is -3.24. The number of aromatic amines is 1. The van der Waals surface area contributed by atoms with Crippen molar-refractivity contribution in [2.75, 3.05) is 51.9 Å². The number of halogens is 3. The monoisotopic (exact) mass is 478 g/mol. The van der Waals surface area contributed by atoms with E-state index >= 15 is 0 Å². The van der Waals surface area contributed by atoms with E-state index < -0.39 is 31.5 Å². The number of fused-ring (bicyclic) bond motifs is 3. The number of pyridine rings is 1. The predicted molar refractivity (Wildman–Crippen MR) is 121 cm³/mol. The number of methoxy groups -OCH3 is 1. The van der Waals surface area contributed by atoms with Gasteiger partial charge >= 0.3 is 0 Å². The SMILES string of the molecule is COc1ccccc1N1c2c(c(=O)[nH]c3c(OCCF)cccc23)CC1(OCCF)OCCF. The van der Waals surface area contributed by atoms with Crippen LogP contribution in [0.2, 0.25) is 0 Å². The lowest BCUT2D eigenvalue weighted by molar-refractivity contribution is -0.229. The lowest BCUT2D eigenvalue weighted by Crippen LogP contribution is -2.50. The van der Waals surface area contributed by atoms with Crippen LogP contribution in [0, 0.1) is 0 Å². The molecule has 1 aromatic heterocycles. The number of aromatic nitrogens is 1. The fourth-order valence-corrected chi connectivity index (χ4v) is 4.26. The van der Waals surface area contributed by atoms with E-state index in [4.69, 9.17) is 18.9 Å². The van der Waals surface area contributed by atoms with Crippen LogP contribution in [-0.2, 0) is 15.9 Å². The molecule has 0 aliphatic carbocycles. The van der Waals surface area contributed by atoms with E-state index in [-0.39, 0.29) is 26.2 Å². The number of alkyl halides is 3. The van der Waals surface area contributed by atoms with E-state index in [2.05, 4.69) is 4.98 Å². The van der Waals surface area contributed by atoms with Gasteiger partial charge in [-0.2, -0.15) is 0 Å². The molecule has 182 valence electrons. The molecule has 4 rings (SSSR count). The van der Waals surface area contributed by atoms with Crippen molar-refractivity contribution < 1.29 is 32.1 Å². The first-order chi connectivity index (χ1) is 16.6. The molecule has 0 amide bonds. The summed E-state index contributed by atoms with van der Waals surface area (Å²) in [6, 6.07) is 12.1. The number of nitrogens with one attached hydrogen (secondary N) is 1. The number of H-pyrrole nitrogens is 1. The molecule has 1 aliphatic rings. The summed E-state index contributed by atoms with van der Waals surface area (Å²) < 4.78 is 62.0. The Balaban J connectivity index is 2.02. The summed E-state index contributed by atoms with van der Waals surface area (Å²) in [6.07, 6.45) is -0.0960. The minimum Gasteiger partial charge on any atom is -0.495 e. The van der Waals surface area contributed by atoms with Crippen LogP contribution in [0.4, 0.5) is 24.5 Å². The molecule has 0 spiro atoms. The van der Waals surface area contributed by atoms with E-state index in [1.54, 1.807) is 47.4 Å². The van der Waals surface area contributed by atoms with Crippen molar-refractivity contribution in [2.45, 2.75) is 12.3 Å². The number of hydrogen-bond donors (Lipinski definition) is 1. The summed E-state index contributed by atoms with van der Waals surface area (Å²) in [4.78, 5) is 17.6. The van der Waals surface area contributed by atoms with Crippen molar-refractivity contribution in [3.63, 3.8) is 0 Å². The van der Waals surface area contributed by atoms with Gasteiger partial charge in [0.2, 0.25) is 0 Å². The summed E-state index contributed by atoms with van der Waals surface area (Å²) in [5, 5.41) is 0.562. The molecule has 0 saturated heterocycles. The second-order valence-corrected chi connectivity index (χ2v) is 7.47. The average Bonchev–Trinajstić information content (AvgIpc) is 3.21. The molecule has 10 heteroatoms. The third-order valence-corrected chi connectivity index (χ3v) is 5.51. The van der Waals surface area contributed by atoms with Crippen LogP contribution < -0.4 is 19.9 Å². The highest BCUT2D eigenvalue weighted by molar-refractivity contribution is 6.00. The molecule has 0 saturated carbocycles. The zero-order valence-corrected chi connectivity index (χ0v) is 18.6. The summed E-state index contributed by atoms with van der Waals surface area (Å²) >= 11 is 0. The highest BCUT2D eigenvalue weighted by Gasteiger charge is 2.50. The molecule has 0 fully saturated rings. The highest BCUT2D eigenvalue weighted by Crippen LogP contribution is 2.50. The molecule has 2 heterocycles. The maximum absolute atomic E-state index is 13.2. The first kappa shape index (κ1) is 23.9. The number of rotatable bonds is 11. The van der Waals surface area contributed by atoms with Crippen molar-refractivity contribution in [3.8, 4) is 11.5 Å². The zero-order chi connectivity index (χ0) is 24.1. The van der Waals surface area contributed by atoms with Crippen LogP contribution in [0.5, 0.6) is 11.5 Å². The van der Waals surface area contributed by atoms with E-state index in [1.165, 1.54) is 7.11 Å². The molecule has 1 N–H and O–H groups in total. The second kappa shape index (κ2) is 10.4. The number of anilines is 2. The lowest BCUT2D eigenvalue weighted by Gasteiger charge is -2.39. The molecule has 7 nitrogen and oxygen atoms in total. The van der Waals surface area contributed by atoms with Gasteiger partial charge < -0.3 is 23.9 Å². The van der Waals surface area contributed by atoms with Gasteiger partial charge in [-0.05, 0) is 18.2 Å². The Kier molecular flexibility index (Phi) is 7.28. The summed E-state index contributed by atoms with van der Waals surface area (Å²) in [7, 11) is 1.49. The van der Waals surface area contributed by atoms with Crippen LogP contribution in [-0.4, -0.2) is 57.8 Å². The van der Waals surface area contributed by atoms with Gasteiger partial charge in [-0.1, -0.05) is 24.3 Å². The van der Waals surface area contributed by atoms with Crippen LogP contribution in [0.1, 0.15) is 5.56 Å². The highest BCUT2D eigenvalue weighted by atomic mass is 19.1. The van der Waals surface area contributed by atoms with Crippen molar-refractivity contribution in [2.24, 2.45) is 0 Å². The van der Waals surface area contributed by atoms with Crippen molar-refractivity contribution in [1.29, 1.82) is 0 Å². The maximum Gasteiger partial charge on any atom is 0.260 e. The minimum atomic E-state index is -1.70. The van der Waals surface area contributed by atoms with Crippen LogP contribution in [0.15, 0.2) is 47.3 Å². The van der Waals surface area contributed by atoms with E-state index in [0.717, 1.165) is 0 Å². The molecule has 3 aromatic rings. The number of nitrogens with zero attached hydrogens (tertiary/aromatic N) is 1. The number of ether oxygens (including phenoxy) is 4. The fourth-order valence-electron chi connectivity index (χ4n) is 4.26. The first-order valence-corrected chi connectivity index (χ1v) is 10.8. The summed E-state index contributed by atoms with van der Waals surface area (Å²) in [6.45, 7) is -3.18. The Morgan fingerprint density at radius 1 is 0.941 bits per heavy atom. The van der Waals surface area contributed by atoms with Gasteiger partial charge in [-0.25, -0.2) is 13.2 Å². The molecular formula is C24H25F3N2O5. The summed E-state index contributed by atoms with van der Waals surface area (Å²) in [5.74, 6) is -0.973. The molecule has 1 aliphatic heterocycles. The molecule has 0 unspecified atom stereocenters. The Bertz CT molecular complexity index is 1190. The fraction of sp³-hybridized carbons (Fsp3) is 0.375. The van der Waals surface area contributed by atoms with Crippen LogP contribution in [0.3, 0.4) is 0 Å². The van der Waals surface area contributed by atoms with E-state index in [0.29, 0.717) is 39.3 Å². The number of para-hydroxylation sites is 3. The lowest BCUT2D eigenvalue weighted by atomic mass is 10.1. The largest absolute Gasteiger partial charge is 0.495 e. The van der Waals surface area contributed by atoms with Crippen LogP contribution >= 0.6 is 0 Å². The van der Waals surface area contributed by atoms with E-state index in [9.17, 15) is 18.0 Å². The van der Waals surface area contributed by atoms with Crippen molar-refractivity contribution in [1.82, 2.24) is 4.98 Å². The molecule has 2 aromatic carbocycles. The zero-order valence-electron chi connectivity index (χ0n) is 18.6. The number of hydrogen-bond acceptors (Lipinski definition) is 6. The van der Waals surface area contributed by atoms with Gasteiger partial charge in [-0.3, -0.25) is 9.69 Å². The normalized spacial score (nSPS) is 14.4. The third-order valence-electron chi connectivity index (χ3n) is 5.51. The smallest absolute Gasteiger partial charge is 0.260 e. The molecule has 0 bridgehead atoms. The standard InChI is InChI=1S/C24H25F3N2O5/c1-31-19-7-3-2-6-18(19)29-22-16-5-4-8-20(32-12-9-25)21(16)28-23(30)17(22)15-24(29,33-13-10-26)34-14-11-27/h2-8H,9-15H2,1H3,(H,28,30). The molecular weight excluding hydrogens is 453 g/mol. The van der Waals surface area contributed by atoms with Gasteiger partial charge in [0.1, 0.15) is 38.1 Å². The molecule has 0 radical (unpaired) electrons. The molecule has 0 atom stereocenters. The second-order valence-electron chi connectivity index (χ2n) is 7.47. The van der Waals surface area contributed by atoms with Crippen molar-refractivity contribution in [3.05, 3.63) is 58.4 Å². The average molecular weight is 478 g/mol. The minimum absolute atomic E-state index is 0.0960. The Labute approximate surface area is 194 Å². The quantitative estimate of drug-likeness (QED) is 0.417. The predicted octanol–water partition coefficient (Wildman–Crippen LogP) is 4.21. The first-order valence-electron chi connectivity index (χ1n) is 10.8. The molecule has 34 heavy (non-hydrogen) atoms. The Morgan fingerprint density at radius 3 is 2.29 bits per heavy atom. The summed E-state index contributed by atoms with van der Waals surface area (Å²) in [5.41, 5.74) is 1.11.